The van der Waals surface area contributed by atoms with E-state index < -0.39 is 18.4 Å². The highest BCUT2D eigenvalue weighted by Gasteiger charge is 2.11. The fraction of sp³-hybridized carbons (Fsp3) is 0.125. The highest BCUT2D eigenvalue weighted by atomic mass is 16.4. The van der Waals surface area contributed by atoms with Crippen LogP contribution in [-0.4, -0.2) is 29.8 Å². The molecule has 6 heteroatoms. The van der Waals surface area contributed by atoms with Crippen LogP contribution in [0.5, 0.6) is 0 Å². The van der Waals surface area contributed by atoms with Crippen LogP contribution in [0.2, 0.25) is 0 Å². The molecule has 6 nitrogen and oxygen atoms in total. The van der Waals surface area contributed by atoms with Crippen molar-refractivity contribution in [1.82, 2.24) is 5.32 Å². The summed E-state index contributed by atoms with van der Waals surface area (Å²) in [6, 6.07) is 2.61. The Kier molecular flexibility index (Phi) is 3.01. The molecule has 1 aromatic heterocycles. The molecule has 1 rings (SSSR count). The smallest absolute Gasteiger partial charge is 0.322 e. The van der Waals surface area contributed by atoms with Crippen molar-refractivity contribution >= 4 is 18.2 Å². The maximum Gasteiger partial charge on any atom is 0.322 e. The zero-order valence-electron chi connectivity index (χ0n) is 7.02. The Bertz CT molecular complexity index is 368. The third-order valence-electron chi connectivity index (χ3n) is 1.37. The van der Waals surface area contributed by atoms with E-state index in [1.807, 2.05) is 0 Å². The van der Waals surface area contributed by atoms with Crippen molar-refractivity contribution in [3.05, 3.63) is 23.7 Å². The van der Waals surface area contributed by atoms with Gasteiger partial charge in [-0.05, 0) is 12.1 Å². The minimum atomic E-state index is -1.15. The van der Waals surface area contributed by atoms with Crippen molar-refractivity contribution in [1.29, 1.82) is 0 Å². The number of rotatable bonds is 4. The van der Waals surface area contributed by atoms with Crippen LogP contribution in [0.1, 0.15) is 21.1 Å². The van der Waals surface area contributed by atoms with Crippen LogP contribution >= 0.6 is 0 Å². The minimum absolute atomic E-state index is 0.0190. The third kappa shape index (κ3) is 2.44. The molecule has 2 N–H and O–H groups in total. The van der Waals surface area contributed by atoms with E-state index >= 15 is 0 Å². The second-order valence-corrected chi connectivity index (χ2v) is 2.40. The van der Waals surface area contributed by atoms with E-state index in [0.717, 1.165) is 0 Å². The zero-order valence-corrected chi connectivity index (χ0v) is 7.02. The number of aliphatic carboxylic acids is 1. The van der Waals surface area contributed by atoms with Gasteiger partial charge in [0.05, 0.1) is 0 Å². The van der Waals surface area contributed by atoms with Crippen molar-refractivity contribution in [3.8, 4) is 0 Å². The number of furan rings is 1. The van der Waals surface area contributed by atoms with Gasteiger partial charge in [-0.25, -0.2) is 0 Å². The van der Waals surface area contributed by atoms with Gasteiger partial charge in [-0.15, -0.1) is 0 Å². The standard InChI is InChI=1S/C8H7NO5/c10-4-5-1-2-6(14-5)8(13)9-3-7(11)12/h1-2,4H,3H2,(H,9,13)(H,11,12). The Labute approximate surface area is 78.5 Å². The van der Waals surface area contributed by atoms with Crippen LogP contribution in [0, 0.1) is 0 Å². The lowest BCUT2D eigenvalue weighted by Gasteiger charge is -1.97. The van der Waals surface area contributed by atoms with Crippen LogP contribution < -0.4 is 5.32 Å². The summed E-state index contributed by atoms with van der Waals surface area (Å²) in [5.74, 6) is -1.89. The van der Waals surface area contributed by atoms with Gasteiger partial charge >= 0.3 is 5.97 Å². The Morgan fingerprint density at radius 2 is 2.21 bits per heavy atom. The van der Waals surface area contributed by atoms with Gasteiger partial charge in [-0.2, -0.15) is 0 Å². The van der Waals surface area contributed by atoms with E-state index in [1.165, 1.54) is 12.1 Å². The lowest BCUT2D eigenvalue weighted by atomic mass is 10.4. The van der Waals surface area contributed by atoms with E-state index in [0.29, 0.717) is 6.29 Å². The Hall–Kier alpha value is -2.11. The van der Waals surface area contributed by atoms with Gasteiger partial charge in [0.25, 0.3) is 5.91 Å². The number of hydrogen-bond acceptors (Lipinski definition) is 4. The number of aldehydes is 1. The average molecular weight is 197 g/mol. The molecule has 0 saturated heterocycles. The molecule has 0 unspecified atom stereocenters. The van der Waals surface area contributed by atoms with Crippen LogP contribution in [0.15, 0.2) is 16.5 Å². The molecule has 0 aliphatic rings. The third-order valence-corrected chi connectivity index (χ3v) is 1.37. The second-order valence-electron chi connectivity index (χ2n) is 2.40. The molecular weight excluding hydrogens is 190 g/mol. The van der Waals surface area contributed by atoms with Gasteiger partial charge in [-0.1, -0.05) is 0 Å². The van der Waals surface area contributed by atoms with E-state index in [-0.39, 0.29) is 11.5 Å². The number of carbonyl (C=O) groups is 3. The first-order valence-corrected chi connectivity index (χ1v) is 3.68. The van der Waals surface area contributed by atoms with Crippen molar-refractivity contribution in [2.75, 3.05) is 6.54 Å². The molecule has 1 amide bonds. The summed E-state index contributed by atoms with van der Waals surface area (Å²) in [5, 5.41) is 10.3. The maximum atomic E-state index is 11.1. The summed E-state index contributed by atoms with van der Waals surface area (Å²) in [5.41, 5.74) is 0. The summed E-state index contributed by atoms with van der Waals surface area (Å²) >= 11 is 0. The lowest BCUT2D eigenvalue weighted by molar-refractivity contribution is -0.135. The molecular formula is C8H7NO5. The zero-order chi connectivity index (χ0) is 10.6. The summed E-state index contributed by atoms with van der Waals surface area (Å²) in [7, 11) is 0. The molecule has 0 fully saturated rings. The maximum absolute atomic E-state index is 11.1. The van der Waals surface area contributed by atoms with Gasteiger partial charge in [0, 0.05) is 0 Å². The molecule has 1 aromatic rings. The van der Waals surface area contributed by atoms with Crippen LogP contribution in [-0.2, 0) is 4.79 Å². The van der Waals surface area contributed by atoms with Crippen LogP contribution in [0.3, 0.4) is 0 Å². The number of amides is 1. The van der Waals surface area contributed by atoms with Gasteiger partial charge in [0.1, 0.15) is 6.54 Å². The average Bonchev–Trinajstić information content (AvgIpc) is 2.62. The normalized spacial score (nSPS) is 9.43. The van der Waals surface area contributed by atoms with Crippen LogP contribution in [0.4, 0.5) is 0 Å². The number of nitrogens with one attached hydrogen (secondary N) is 1. The molecule has 0 spiro atoms. The van der Waals surface area contributed by atoms with Crippen molar-refractivity contribution < 1.29 is 23.9 Å². The van der Waals surface area contributed by atoms with Gasteiger partial charge in [-0.3, -0.25) is 14.4 Å². The first-order valence-electron chi connectivity index (χ1n) is 3.68. The fourth-order valence-electron chi connectivity index (χ4n) is 0.781. The highest BCUT2D eigenvalue weighted by molar-refractivity contribution is 5.93. The van der Waals surface area contributed by atoms with Gasteiger partial charge in [0.2, 0.25) is 0 Å². The largest absolute Gasteiger partial charge is 0.480 e. The number of carbonyl (C=O) groups excluding carboxylic acids is 2. The quantitative estimate of drug-likeness (QED) is 0.657. The van der Waals surface area contributed by atoms with E-state index in [9.17, 15) is 14.4 Å². The lowest BCUT2D eigenvalue weighted by Crippen LogP contribution is -2.28. The molecule has 0 atom stereocenters. The van der Waals surface area contributed by atoms with Gasteiger partial charge < -0.3 is 14.8 Å². The Balaban J connectivity index is 2.60. The van der Waals surface area contributed by atoms with Crippen molar-refractivity contribution in [3.63, 3.8) is 0 Å². The summed E-state index contributed by atoms with van der Waals surface area (Å²) in [4.78, 5) is 31.4. The second kappa shape index (κ2) is 4.22. The number of hydrogen-bond donors (Lipinski definition) is 2. The molecule has 0 radical (unpaired) electrons. The molecule has 14 heavy (non-hydrogen) atoms. The molecule has 0 bridgehead atoms. The molecule has 0 saturated carbocycles. The molecule has 0 aromatic carbocycles. The summed E-state index contributed by atoms with van der Waals surface area (Å²) < 4.78 is 4.75. The van der Waals surface area contributed by atoms with E-state index in [4.69, 9.17) is 9.52 Å². The first kappa shape index (κ1) is 9.97. The van der Waals surface area contributed by atoms with Gasteiger partial charge in [0.15, 0.2) is 17.8 Å². The Morgan fingerprint density at radius 3 is 2.71 bits per heavy atom. The number of carboxylic acid groups (broad SMARTS) is 1. The number of carboxylic acids is 1. The first-order chi connectivity index (χ1) is 6.63. The van der Waals surface area contributed by atoms with E-state index in [2.05, 4.69) is 5.32 Å². The summed E-state index contributed by atoms with van der Waals surface area (Å²) in [6.07, 6.45) is 0.452. The molecule has 0 aliphatic carbocycles. The monoisotopic (exact) mass is 197 g/mol. The molecule has 0 aliphatic heterocycles. The molecule has 74 valence electrons. The predicted octanol–water partition coefficient (Wildman–Crippen LogP) is -0.0935. The molecule has 1 heterocycles. The SMILES string of the molecule is O=Cc1ccc(C(=O)NCC(=O)O)o1. The topological polar surface area (TPSA) is 96.6 Å². The Morgan fingerprint density at radius 1 is 1.50 bits per heavy atom. The highest BCUT2D eigenvalue weighted by Crippen LogP contribution is 2.04. The summed E-state index contributed by atoms with van der Waals surface area (Å²) in [6.45, 7) is -0.490. The van der Waals surface area contributed by atoms with Crippen LogP contribution in [0.25, 0.3) is 0 Å². The predicted molar refractivity (Wildman–Crippen MR) is 44.1 cm³/mol. The van der Waals surface area contributed by atoms with Crippen molar-refractivity contribution in [2.45, 2.75) is 0 Å². The minimum Gasteiger partial charge on any atom is -0.480 e. The van der Waals surface area contributed by atoms with E-state index in [1.54, 1.807) is 0 Å². The fourth-order valence-corrected chi connectivity index (χ4v) is 0.781. The van der Waals surface area contributed by atoms with Crippen molar-refractivity contribution in [2.24, 2.45) is 0 Å².